The van der Waals surface area contributed by atoms with Crippen LogP contribution in [-0.2, 0) is 24.8 Å². The van der Waals surface area contributed by atoms with E-state index in [0.717, 1.165) is 25.9 Å². The van der Waals surface area contributed by atoms with Gasteiger partial charge in [-0.3, -0.25) is 4.90 Å². The van der Waals surface area contributed by atoms with E-state index in [-0.39, 0.29) is 5.41 Å². The number of hydrogen-bond donors (Lipinski definition) is 1. The average molecular weight is 322 g/mol. The molecule has 2 aliphatic rings. The number of nitrogens with zero attached hydrogens (tertiary/aromatic N) is 3. The number of likely N-dealkylation sites (tertiary alicyclic amines) is 1. The largest absolute Gasteiger partial charge is 0.368 e. The molecule has 24 heavy (non-hydrogen) atoms. The van der Waals surface area contributed by atoms with Gasteiger partial charge in [-0.25, -0.2) is 9.97 Å². The maximum Gasteiger partial charge on any atom is 0.220 e. The monoisotopic (exact) mass is 322 g/mol. The van der Waals surface area contributed by atoms with Crippen molar-refractivity contribution in [3.63, 3.8) is 0 Å². The van der Waals surface area contributed by atoms with E-state index < -0.39 is 0 Å². The van der Waals surface area contributed by atoms with Crippen LogP contribution in [0.5, 0.6) is 0 Å². The number of aryl methyl sites for hydroxylation is 2. The zero-order chi connectivity index (χ0) is 16.6. The summed E-state index contributed by atoms with van der Waals surface area (Å²) in [6, 6.07) is 8.84. The maximum absolute atomic E-state index is 5.88. The molecule has 4 nitrogen and oxygen atoms in total. The van der Waals surface area contributed by atoms with Gasteiger partial charge in [-0.15, -0.1) is 0 Å². The molecule has 2 aromatic rings. The van der Waals surface area contributed by atoms with E-state index >= 15 is 0 Å². The first-order valence-corrected chi connectivity index (χ1v) is 9.11. The molecule has 0 bridgehead atoms. The standard InChI is InChI=1S/C20H26N4/c1-2-15-6-3-4-7-17(15)13-24-11-5-9-20(14-24)10-8-16-12-22-19(21)23-18(16)20/h3-4,6-7,12H,2,5,8-11,13-14H2,1H3,(H2,21,22,23). The van der Waals surface area contributed by atoms with Gasteiger partial charge in [0.15, 0.2) is 0 Å². The van der Waals surface area contributed by atoms with Crippen molar-refractivity contribution in [3.8, 4) is 0 Å². The molecule has 2 heterocycles. The van der Waals surface area contributed by atoms with Gasteiger partial charge in [-0.2, -0.15) is 0 Å². The van der Waals surface area contributed by atoms with Crippen LogP contribution in [0.2, 0.25) is 0 Å². The molecule has 126 valence electrons. The Bertz CT molecular complexity index is 738. The smallest absolute Gasteiger partial charge is 0.220 e. The highest BCUT2D eigenvalue weighted by molar-refractivity contribution is 5.37. The van der Waals surface area contributed by atoms with Gasteiger partial charge in [0.25, 0.3) is 0 Å². The third-order valence-corrected chi connectivity index (χ3v) is 5.81. The van der Waals surface area contributed by atoms with E-state index in [4.69, 9.17) is 5.73 Å². The molecule has 0 radical (unpaired) electrons. The zero-order valence-electron chi connectivity index (χ0n) is 14.5. The second-order valence-corrected chi connectivity index (χ2v) is 7.32. The number of fused-ring (bicyclic) bond motifs is 2. The Hall–Kier alpha value is -1.94. The fourth-order valence-corrected chi connectivity index (χ4v) is 4.61. The van der Waals surface area contributed by atoms with Crippen molar-refractivity contribution in [3.05, 3.63) is 52.8 Å². The Kier molecular flexibility index (Phi) is 4.01. The van der Waals surface area contributed by atoms with Gasteiger partial charge in [-0.1, -0.05) is 31.2 Å². The highest BCUT2D eigenvalue weighted by Crippen LogP contribution is 2.44. The summed E-state index contributed by atoms with van der Waals surface area (Å²) in [5.74, 6) is 0.420. The minimum absolute atomic E-state index is 0.186. The van der Waals surface area contributed by atoms with Crippen LogP contribution in [0.15, 0.2) is 30.5 Å². The van der Waals surface area contributed by atoms with Crippen molar-refractivity contribution in [2.75, 3.05) is 18.8 Å². The molecular weight excluding hydrogens is 296 g/mol. The number of hydrogen-bond acceptors (Lipinski definition) is 4. The fourth-order valence-electron chi connectivity index (χ4n) is 4.61. The molecule has 1 fully saturated rings. The molecule has 4 rings (SSSR count). The van der Waals surface area contributed by atoms with Crippen LogP contribution in [-0.4, -0.2) is 28.0 Å². The van der Waals surface area contributed by atoms with Crippen molar-refractivity contribution in [2.45, 2.75) is 51.0 Å². The number of piperidine rings is 1. The predicted octanol–water partition coefficient (Wildman–Crippen LogP) is 3.10. The lowest BCUT2D eigenvalue weighted by Crippen LogP contribution is -2.45. The van der Waals surface area contributed by atoms with Crippen molar-refractivity contribution >= 4 is 5.95 Å². The number of aromatic nitrogens is 2. The second-order valence-electron chi connectivity index (χ2n) is 7.32. The summed E-state index contributed by atoms with van der Waals surface area (Å²) < 4.78 is 0. The number of anilines is 1. The Morgan fingerprint density at radius 3 is 2.88 bits per heavy atom. The molecule has 2 N–H and O–H groups in total. The first-order chi connectivity index (χ1) is 11.7. The van der Waals surface area contributed by atoms with E-state index in [0.29, 0.717) is 5.95 Å². The summed E-state index contributed by atoms with van der Waals surface area (Å²) in [5.41, 5.74) is 11.5. The van der Waals surface area contributed by atoms with Gasteiger partial charge in [0, 0.05) is 24.7 Å². The van der Waals surface area contributed by atoms with Crippen molar-refractivity contribution in [2.24, 2.45) is 0 Å². The molecule has 1 aliphatic carbocycles. The molecular formula is C20H26N4. The van der Waals surface area contributed by atoms with E-state index in [2.05, 4.69) is 46.1 Å². The van der Waals surface area contributed by atoms with E-state index in [1.54, 1.807) is 0 Å². The maximum atomic E-state index is 5.88. The van der Waals surface area contributed by atoms with Gasteiger partial charge in [0.05, 0.1) is 5.69 Å². The molecule has 1 saturated heterocycles. The number of nitrogen functional groups attached to an aromatic ring is 1. The first kappa shape index (κ1) is 15.6. The van der Waals surface area contributed by atoms with Crippen LogP contribution in [0.1, 0.15) is 48.6 Å². The third-order valence-electron chi connectivity index (χ3n) is 5.81. The highest BCUT2D eigenvalue weighted by atomic mass is 15.1. The SMILES string of the molecule is CCc1ccccc1CN1CCCC2(CCc3cnc(N)nc32)C1. The van der Waals surface area contributed by atoms with Crippen LogP contribution < -0.4 is 5.73 Å². The van der Waals surface area contributed by atoms with Gasteiger partial charge in [0.1, 0.15) is 0 Å². The van der Waals surface area contributed by atoms with E-state index in [1.165, 1.54) is 48.2 Å². The van der Waals surface area contributed by atoms with Crippen molar-refractivity contribution < 1.29 is 0 Å². The Balaban J connectivity index is 1.58. The lowest BCUT2D eigenvalue weighted by molar-refractivity contribution is 0.136. The van der Waals surface area contributed by atoms with Crippen LogP contribution in [0.4, 0.5) is 5.95 Å². The Morgan fingerprint density at radius 2 is 2.04 bits per heavy atom. The molecule has 1 atom stereocenters. The summed E-state index contributed by atoms with van der Waals surface area (Å²) in [7, 11) is 0. The summed E-state index contributed by atoms with van der Waals surface area (Å²) >= 11 is 0. The molecule has 1 unspecified atom stereocenters. The lowest BCUT2D eigenvalue weighted by Gasteiger charge is -2.40. The van der Waals surface area contributed by atoms with Crippen LogP contribution in [0.25, 0.3) is 0 Å². The zero-order valence-corrected chi connectivity index (χ0v) is 14.5. The molecule has 1 aromatic carbocycles. The Morgan fingerprint density at radius 1 is 1.21 bits per heavy atom. The van der Waals surface area contributed by atoms with Gasteiger partial charge < -0.3 is 5.73 Å². The summed E-state index contributed by atoms with van der Waals surface area (Å²) in [5, 5.41) is 0. The van der Waals surface area contributed by atoms with E-state index in [1.807, 2.05) is 6.20 Å². The van der Waals surface area contributed by atoms with Crippen molar-refractivity contribution in [1.82, 2.24) is 14.9 Å². The van der Waals surface area contributed by atoms with Gasteiger partial charge in [-0.05, 0) is 55.3 Å². The number of nitrogens with two attached hydrogens (primary N) is 1. The predicted molar refractivity (Wildman–Crippen MR) is 96.8 cm³/mol. The summed E-state index contributed by atoms with van der Waals surface area (Å²) in [6.45, 7) is 5.55. The number of rotatable bonds is 3. The minimum Gasteiger partial charge on any atom is -0.368 e. The minimum atomic E-state index is 0.186. The van der Waals surface area contributed by atoms with E-state index in [9.17, 15) is 0 Å². The van der Waals surface area contributed by atoms with Gasteiger partial charge in [0.2, 0.25) is 5.95 Å². The molecule has 1 aliphatic heterocycles. The van der Waals surface area contributed by atoms with Crippen molar-refractivity contribution in [1.29, 1.82) is 0 Å². The summed E-state index contributed by atoms with van der Waals surface area (Å²) in [4.78, 5) is 11.5. The molecule has 4 heteroatoms. The number of benzene rings is 1. The Labute approximate surface area is 144 Å². The molecule has 0 saturated carbocycles. The summed E-state index contributed by atoms with van der Waals surface area (Å²) in [6.07, 6.45) is 7.78. The normalized spacial score (nSPS) is 23.5. The highest BCUT2D eigenvalue weighted by Gasteiger charge is 2.43. The molecule has 1 aromatic heterocycles. The fraction of sp³-hybridized carbons (Fsp3) is 0.500. The topological polar surface area (TPSA) is 55.0 Å². The second kappa shape index (κ2) is 6.17. The molecule has 0 amide bonds. The van der Waals surface area contributed by atoms with Crippen LogP contribution >= 0.6 is 0 Å². The first-order valence-electron chi connectivity index (χ1n) is 9.11. The van der Waals surface area contributed by atoms with Gasteiger partial charge >= 0.3 is 0 Å². The quantitative estimate of drug-likeness (QED) is 0.943. The third kappa shape index (κ3) is 2.69. The van der Waals surface area contributed by atoms with Crippen LogP contribution in [0.3, 0.4) is 0 Å². The average Bonchev–Trinajstić information content (AvgIpc) is 2.93. The lowest BCUT2D eigenvalue weighted by atomic mass is 9.77. The van der Waals surface area contributed by atoms with Crippen LogP contribution in [0, 0.1) is 0 Å². The molecule has 1 spiro atoms.